The maximum absolute atomic E-state index is 13.3. The van der Waals surface area contributed by atoms with Gasteiger partial charge in [0.15, 0.2) is 0 Å². The van der Waals surface area contributed by atoms with E-state index in [0.29, 0.717) is 17.7 Å². The number of aryl methyl sites for hydroxylation is 1. The smallest absolute Gasteiger partial charge is 0.266 e. The van der Waals surface area contributed by atoms with Gasteiger partial charge in [-0.3, -0.25) is 19.7 Å². The van der Waals surface area contributed by atoms with Crippen molar-refractivity contribution in [1.29, 1.82) is 0 Å². The Kier molecular flexibility index (Phi) is 4.67. The summed E-state index contributed by atoms with van der Waals surface area (Å²) in [6, 6.07) is 4.87. The first kappa shape index (κ1) is 20.4. The van der Waals surface area contributed by atoms with Gasteiger partial charge in [0, 0.05) is 12.1 Å². The Labute approximate surface area is 160 Å². The van der Waals surface area contributed by atoms with Crippen molar-refractivity contribution in [3.63, 3.8) is 0 Å². The Morgan fingerprint density at radius 3 is 2.24 bits per heavy atom. The second-order valence-electron chi connectivity index (χ2n) is 5.92. The molecule has 3 rings (SSSR count). The molecule has 13 heteroatoms. The first-order chi connectivity index (χ1) is 13.3. The van der Waals surface area contributed by atoms with Crippen LogP contribution >= 0.6 is 0 Å². The van der Waals surface area contributed by atoms with Gasteiger partial charge in [-0.15, -0.1) is 9.35 Å². The minimum atomic E-state index is -5.35. The summed E-state index contributed by atoms with van der Waals surface area (Å²) in [5.41, 5.74) is -2.67. The number of carbonyl (C=O) groups is 2. The number of hydroxylamine groups is 2. The second kappa shape index (κ2) is 6.63. The van der Waals surface area contributed by atoms with Crippen molar-refractivity contribution >= 4 is 27.6 Å². The number of rotatable bonds is 4. The molecule has 0 radical (unpaired) electrons. The third-order valence-electron chi connectivity index (χ3n) is 3.93. The van der Waals surface area contributed by atoms with Gasteiger partial charge in [0.2, 0.25) is 0 Å². The first-order valence-corrected chi connectivity index (χ1v) is 9.03. The molecule has 1 aliphatic heterocycles. The molecule has 9 nitrogen and oxygen atoms in total. The maximum Gasteiger partial charge on any atom is 0.418 e. The van der Waals surface area contributed by atoms with Gasteiger partial charge in [0.1, 0.15) is 4.90 Å². The predicted molar refractivity (Wildman–Crippen MR) is 88.0 cm³/mol. The lowest BCUT2D eigenvalue weighted by Gasteiger charge is -2.16. The lowest BCUT2D eigenvalue weighted by molar-refractivity contribution is -0.385. The van der Waals surface area contributed by atoms with E-state index in [1.165, 1.54) is 18.2 Å². The first-order valence-electron chi connectivity index (χ1n) is 7.62. The number of nitro benzene ring substituents is 1. The number of alkyl halides is 3. The van der Waals surface area contributed by atoms with Gasteiger partial charge in [-0.25, -0.2) is 0 Å². The van der Waals surface area contributed by atoms with Crippen molar-refractivity contribution in [1.82, 2.24) is 5.06 Å². The Bertz CT molecular complexity index is 1180. The van der Waals surface area contributed by atoms with Crippen LogP contribution in [0.4, 0.5) is 18.9 Å². The molecule has 0 saturated carbocycles. The topological polar surface area (TPSA) is 124 Å². The van der Waals surface area contributed by atoms with E-state index in [-0.39, 0.29) is 22.3 Å². The molecule has 0 N–H and O–H groups in total. The molecule has 0 aromatic heterocycles. The highest BCUT2D eigenvalue weighted by Gasteiger charge is 2.44. The summed E-state index contributed by atoms with van der Waals surface area (Å²) >= 11 is 0. The van der Waals surface area contributed by atoms with Gasteiger partial charge < -0.3 is 0 Å². The van der Waals surface area contributed by atoms with Crippen molar-refractivity contribution in [3.05, 3.63) is 68.8 Å². The number of nitrogens with zero attached hydrogens (tertiary/aromatic N) is 2. The van der Waals surface area contributed by atoms with E-state index in [4.69, 9.17) is 0 Å². The molecule has 2 aromatic rings. The fourth-order valence-electron chi connectivity index (χ4n) is 2.61. The minimum absolute atomic E-state index is 0.0159. The molecule has 0 unspecified atom stereocenters. The number of imide groups is 1. The zero-order valence-electron chi connectivity index (χ0n) is 14.3. The Morgan fingerprint density at radius 1 is 1.03 bits per heavy atom. The SMILES string of the molecule is Cc1ccc2c(c1)C(=O)N(OS(=O)(=O)c1ccc([N+](=O)[O-])cc1C(F)(F)F)C2=O. The fraction of sp³-hybridized carbons (Fsp3) is 0.125. The summed E-state index contributed by atoms with van der Waals surface area (Å²) in [6.07, 6.45) is -5.29. The molecule has 29 heavy (non-hydrogen) atoms. The molecule has 0 saturated heterocycles. The molecule has 2 amide bonds. The van der Waals surface area contributed by atoms with Crippen LogP contribution in [0.5, 0.6) is 0 Å². The van der Waals surface area contributed by atoms with E-state index in [1.807, 2.05) is 0 Å². The van der Waals surface area contributed by atoms with Crippen LogP contribution < -0.4 is 0 Å². The molecule has 0 atom stereocenters. The summed E-state index contributed by atoms with van der Waals surface area (Å²) in [6.45, 7) is 1.60. The van der Waals surface area contributed by atoms with E-state index in [9.17, 15) is 41.3 Å². The van der Waals surface area contributed by atoms with Gasteiger partial charge in [-0.2, -0.15) is 21.6 Å². The molecule has 1 heterocycles. The number of benzene rings is 2. The Balaban J connectivity index is 2.04. The van der Waals surface area contributed by atoms with Crippen molar-refractivity contribution in [2.45, 2.75) is 18.0 Å². The average molecular weight is 430 g/mol. The number of nitro groups is 1. The summed E-state index contributed by atoms with van der Waals surface area (Å²) in [5.74, 6) is -2.35. The molecule has 1 aliphatic rings. The van der Waals surface area contributed by atoms with Crippen molar-refractivity contribution < 1.29 is 40.4 Å². The number of hydrogen-bond donors (Lipinski definition) is 0. The third kappa shape index (κ3) is 3.56. The van der Waals surface area contributed by atoms with E-state index >= 15 is 0 Å². The van der Waals surface area contributed by atoms with Crippen LogP contribution in [0.3, 0.4) is 0 Å². The van der Waals surface area contributed by atoms with Crippen LogP contribution in [0.1, 0.15) is 31.8 Å². The maximum atomic E-state index is 13.3. The molecular formula is C16H9F3N2O7S. The van der Waals surface area contributed by atoms with Gasteiger partial charge in [-0.1, -0.05) is 11.6 Å². The second-order valence-corrected chi connectivity index (χ2v) is 7.41. The highest BCUT2D eigenvalue weighted by molar-refractivity contribution is 7.86. The van der Waals surface area contributed by atoms with Crippen molar-refractivity contribution in [3.8, 4) is 0 Å². The third-order valence-corrected chi connectivity index (χ3v) is 5.17. The van der Waals surface area contributed by atoms with Gasteiger partial charge >= 0.3 is 16.3 Å². The molecule has 0 aliphatic carbocycles. The number of hydrogen-bond acceptors (Lipinski definition) is 7. The minimum Gasteiger partial charge on any atom is -0.266 e. The molecule has 152 valence electrons. The lowest BCUT2D eigenvalue weighted by atomic mass is 10.1. The monoisotopic (exact) mass is 430 g/mol. The largest absolute Gasteiger partial charge is 0.418 e. The summed E-state index contributed by atoms with van der Waals surface area (Å²) in [4.78, 5) is 32.7. The van der Waals surface area contributed by atoms with Crippen LogP contribution in [0.15, 0.2) is 41.3 Å². The zero-order valence-corrected chi connectivity index (χ0v) is 15.1. The summed E-state index contributed by atoms with van der Waals surface area (Å²) in [7, 11) is -5.35. The van der Waals surface area contributed by atoms with Crippen molar-refractivity contribution in [2.24, 2.45) is 0 Å². The number of carbonyl (C=O) groups excluding carboxylic acids is 2. The van der Waals surface area contributed by atoms with Crippen LogP contribution in [-0.4, -0.2) is 30.2 Å². The molecule has 2 aromatic carbocycles. The highest BCUT2D eigenvalue weighted by Crippen LogP contribution is 2.37. The van der Waals surface area contributed by atoms with Crippen LogP contribution in [0.2, 0.25) is 0 Å². The Hall–Kier alpha value is -3.32. The van der Waals surface area contributed by atoms with E-state index in [2.05, 4.69) is 4.28 Å². The number of fused-ring (bicyclic) bond motifs is 1. The highest BCUT2D eigenvalue weighted by atomic mass is 32.2. The van der Waals surface area contributed by atoms with Crippen LogP contribution in [0.25, 0.3) is 0 Å². The molecule has 0 bridgehead atoms. The number of amides is 2. The Morgan fingerprint density at radius 2 is 1.66 bits per heavy atom. The van der Waals surface area contributed by atoms with E-state index < -0.39 is 49.2 Å². The number of halogens is 3. The summed E-state index contributed by atoms with van der Waals surface area (Å²) in [5, 5.41) is 10.6. The molecule has 0 spiro atoms. The van der Waals surface area contributed by atoms with E-state index in [1.54, 1.807) is 6.92 Å². The van der Waals surface area contributed by atoms with Crippen LogP contribution in [-0.2, 0) is 20.6 Å². The zero-order chi connectivity index (χ0) is 21.7. The van der Waals surface area contributed by atoms with Gasteiger partial charge in [-0.05, 0) is 25.1 Å². The van der Waals surface area contributed by atoms with Crippen molar-refractivity contribution in [2.75, 3.05) is 0 Å². The van der Waals surface area contributed by atoms with Gasteiger partial charge in [0.05, 0.1) is 21.6 Å². The van der Waals surface area contributed by atoms with E-state index in [0.717, 1.165) is 0 Å². The standard InChI is InChI=1S/C16H9F3N2O7S/c1-8-2-4-10-11(6-8)15(23)20(14(10)22)28-29(26,27)13-5-3-9(21(24)25)7-12(13)16(17,18)19/h2-7H,1H3. The summed E-state index contributed by atoms with van der Waals surface area (Å²) < 4.78 is 69.0. The lowest BCUT2D eigenvalue weighted by Crippen LogP contribution is -2.33. The predicted octanol–water partition coefficient (Wildman–Crippen LogP) is 2.84. The number of non-ortho nitro benzene ring substituents is 1. The molecule has 0 fully saturated rings. The fourth-order valence-corrected chi connectivity index (χ4v) is 3.70. The molecular weight excluding hydrogens is 421 g/mol. The van der Waals surface area contributed by atoms with Gasteiger partial charge in [0.25, 0.3) is 17.5 Å². The normalized spacial score (nSPS) is 14.3. The average Bonchev–Trinajstić information content (AvgIpc) is 2.84. The van der Waals surface area contributed by atoms with Crippen LogP contribution in [0, 0.1) is 17.0 Å². The quantitative estimate of drug-likeness (QED) is 0.415.